The zero-order valence-electron chi connectivity index (χ0n) is 12.0. The number of hydrogen-bond acceptors (Lipinski definition) is 3. The molecule has 2 N–H and O–H groups in total. The smallest absolute Gasteiger partial charge is 0.125 e. The van der Waals surface area contributed by atoms with Gasteiger partial charge in [0.25, 0.3) is 0 Å². The van der Waals surface area contributed by atoms with E-state index >= 15 is 0 Å². The van der Waals surface area contributed by atoms with Crippen molar-refractivity contribution < 1.29 is 0 Å². The van der Waals surface area contributed by atoms with Gasteiger partial charge in [0.2, 0.25) is 0 Å². The van der Waals surface area contributed by atoms with Gasteiger partial charge in [0.05, 0.1) is 23.1 Å². The molecule has 5 heteroatoms. The lowest BCUT2D eigenvalue weighted by Crippen LogP contribution is -2.25. The van der Waals surface area contributed by atoms with Crippen LogP contribution in [-0.2, 0) is 7.05 Å². The predicted octanol–water partition coefficient (Wildman–Crippen LogP) is 2.71. The van der Waals surface area contributed by atoms with Gasteiger partial charge in [-0.3, -0.25) is 5.32 Å². The lowest BCUT2D eigenvalue weighted by atomic mass is 10.2. The zero-order chi connectivity index (χ0) is 14.1. The van der Waals surface area contributed by atoms with E-state index in [1.165, 1.54) is 0 Å². The average molecular weight is 269 g/mol. The first-order valence-corrected chi connectivity index (χ1v) is 6.83. The number of para-hydroxylation sites is 2. The second kappa shape index (κ2) is 5.09. The standard InChI is InChI=1S/C15H19N5/c1-10(17-11(2)15-16-8-9-20(15)3)14-18-12-6-4-5-7-13(12)19-14/h4-11,17H,1-3H3,(H,18,19). The van der Waals surface area contributed by atoms with Gasteiger partial charge < -0.3 is 9.55 Å². The van der Waals surface area contributed by atoms with E-state index in [0.29, 0.717) is 0 Å². The van der Waals surface area contributed by atoms with Crippen LogP contribution >= 0.6 is 0 Å². The fourth-order valence-electron chi connectivity index (χ4n) is 2.50. The molecule has 0 bridgehead atoms. The topological polar surface area (TPSA) is 58.5 Å². The number of rotatable bonds is 4. The molecule has 2 heterocycles. The van der Waals surface area contributed by atoms with Gasteiger partial charge in [-0.05, 0) is 26.0 Å². The third kappa shape index (κ3) is 2.32. The summed E-state index contributed by atoms with van der Waals surface area (Å²) in [7, 11) is 2.01. The molecule has 20 heavy (non-hydrogen) atoms. The number of H-pyrrole nitrogens is 1. The Balaban J connectivity index is 1.79. The zero-order valence-corrected chi connectivity index (χ0v) is 12.0. The van der Waals surface area contributed by atoms with Crippen LogP contribution in [0.5, 0.6) is 0 Å². The molecule has 2 atom stereocenters. The minimum atomic E-state index is 0.133. The summed E-state index contributed by atoms with van der Waals surface area (Å²) in [5.41, 5.74) is 2.07. The number of hydrogen-bond donors (Lipinski definition) is 2. The van der Waals surface area contributed by atoms with Gasteiger partial charge in [0.1, 0.15) is 11.6 Å². The largest absolute Gasteiger partial charge is 0.341 e. The normalized spacial score (nSPS) is 14.6. The number of aryl methyl sites for hydroxylation is 1. The third-order valence-electron chi connectivity index (χ3n) is 3.56. The molecule has 0 fully saturated rings. The number of aromatic amines is 1. The van der Waals surface area contributed by atoms with Crippen LogP contribution in [0, 0.1) is 0 Å². The Morgan fingerprint density at radius 3 is 2.70 bits per heavy atom. The lowest BCUT2D eigenvalue weighted by molar-refractivity contribution is 0.455. The van der Waals surface area contributed by atoms with Gasteiger partial charge in [-0.1, -0.05) is 12.1 Å². The van der Waals surface area contributed by atoms with Gasteiger partial charge in [0.15, 0.2) is 0 Å². The van der Waals surface area contributed by atoms with Crippen molar-refractivity contribution in [2.75, 3.05) is 0 Å². The van der Waals surface area contributed by atoms with E-state index in [0.717, 1.165) is 22.7 Å². The molecule has 0 aliphatic carbocycles. The number of nitrogens with zero attached hydrogens (tertiary/aromatic N) is 3. The second-order valence-corrected chi connectivity index (χ2v) is 5.15. The highest BCUT2D eigenvalue weighted by Gasteiger charge is 2.16. The van der Waals surface area contributed by atoms with Gasteiger partial charge in [-0.25, -0.2) is 9.97 Å². The molecule has 3 aromatic rings. The van der Waals surface area contributed by atoms with Crippen molar-refractivity contribution in [1.82, 2.24) is 24.8 Å². The minimum absolute atomic E-state index is 0.133. The summed E-state index contributed by atoms with van der Waals surface area (Å²) in [6.07, 6.45) is 3.78. The Morgan fingerprint density at radius 1 is 1.20 bits per heavy atom. The van der Waals surface area contributed by atoms with E-state index in [4.69, 9.17) is 0 Å². The van der Waals surface area contributed by atoms with Crippen LogP contribution < -0.4 is 5.32 Å². The Bertz CT molecular complexity index is 679. The minimum Gasteiger partial charge on any atom is -0.341 e. The van der Waals surface area contributed by atoms with Gasteiger partial charge in [0, 0.05) is 19.4 Å². The summed E-state index contributed by atoms with van der Waals surface area (Å²) < 4.78 is 2.03. The molecule has 2 aromatic heterocycles. The van der Waals surface area contributed by atoms with Gasteiger partial charge in [-0.2, -0.15) is 0 Å². The maximum atomic E-state index is 4.62. The second-order valence-electron chi connectivity index (χ2n) is 5.15. The summed E-state index contributed by atoms with van der Waals surface area (Å²) in [5, 5.41) is 3.52. The fourth-order valence-corrected chi connectivity index (χ4v) is 2.50. The van der Waals surface area contributed by atoms with E-state index in [1.54, 1.807) is 0 Å². The van der Waals surface area contributed by atoms with Crippen LogP contribution in [0.25, 0.3) is 11.0 Å². The van der Waals surface area contributed by atoms with Crippen LogP contribution in [0.15, 0.2) is 36.7 Å². The summed E-state index contributed by atoms with van der Waals surface area (Å²) in [4.78, 5) is 12.4. The van der Waals surface area contributed by atoms with Gasteiger partial charge >= 0.3 is 0 Å². The number of fused-ring (bicyclic) bond motifs is 1. The number of imidazole rings is 2. The maximum absolute atomic E-state index is 4.62. The first-order chi connectivity index (χ1) is 9.65. The van der Waals surface area contributed by atoms with E-state index in [1.807, 2.05) is 48.3 Å². The molecule has 0 saturated carbocycles. The monoisotopic (exact) mass is 269 g/mol. The summed E-state index contributed by atoms with van der Waals surface area (Å²) >= 11 is 0. The van der Waals surface area contributed by atoms with Crippen LogP contribution in [0.1, 0.15) is 37.6 Å². The Kier molecular flexibility index (Phi) is 3.28. The summed E-state index contributed by atoms with van der Waals surface area (Å²) in [6.45, 7) is 4.22. The molecule has 0 aliphatic rings. The highest BCUT2D eigenvalue weighted by Crippen LogP contribution is 2.19. The molecule has 0 spiro atoms. The lowest BCUT2D eigenvalue weighted by Gasteiger charge is -2.18. The molecular weight excluding hydrogens is 250 g/mol. The van der Waals surface area contributed by atoms with E-state index < -0.39 is 0 Å². The molecule has 3 rings (SSSR count). The van der Waals surface area contributed by atoms with Crippen LogP contribution in [-0.4, -0.2) is 19.5 Å². The number of aromatic nitrogens is 4. The molecule has 1 aromatic carbocycles. The van der Waals surface area contributed by atoms with Crippen LogP contribution in [0.2, 0.25) is 0 Å². The first-order valence-electron chi connectivity index (χ1n) is 6.83. The van der Waals surface area contributed by atoms with E-state index in [-0.39, 0.29) is 12.1 Å². The fraction of sp³-hybridized carbons (Fsp3) is 0.333. The Morgan fingerprint density at radius 2 is 2.00 bits per heavy atom. The molecule has 104 valence electrons. The quantitative estimate of drug-likeness (QED) is 0.765. The highest BCUT2D eigenvalue weighted by molar-refractivity contribution is 5.74. The third-order valence-corrected chi connectivity index (χ3v) is 3.56. The SMILES string of the molecule is CC(NC(C)c1nccn1C)c1nc2ccccc2[nH]1. The maximum Gasteiger partial charge on any atom is 0.125 e. The van der Waals surface area contributed by atoms with Crippen molar-refractivity contribution in [3.63, 3.8) is 0 Å². The molecule has 5 nitrogen and oxygen atoms in total. The van der Waals surface area contributed by atoms with Crippen molar-refractivity contribution in [2.45, 2.75) is 25.9 Å². The van der Waals surface area contributed by atoms with Gasteiger partial charge in [-0.15, -0.1) is 0 Å². The first kappa shape index (κ1) is 12.9. The Labute approximate surface area is 118 Å². The molecular formula is C15H19N5. The predicted molar refractivity (Wildman–Crippen MR) is 79.3 cm³/mol. The van der Waals surface area contributed by atoms with Crippen molar-refractivity contribution in [2.24, 2.45) is 7.05 Å². The molecule has 0 saturated heterocycles. The van der Waals surface area contributed by atoms with Crippen molar-refractivity contribution >= 4 is 11.0 Å². The highest BCUT2D eigenvalue weighted by atomic mass is 15.1. The molecule has 2 unspecified atom stereocenters. The van der Waals surface area contributed by atoms with Crippen LogP contribution in [0.4, 0.5) is 0 Å². The van der Waals surface area contributed by atoms with Crippen molar-refractivity contribution in [1.29, 1.82) is 0 Å². The number of nitrogens with one attached hydrogen (secondary N) is 2. The average Bonchev–Trinajstić information content (AvgIpc) is 3.04. The van der Waals surface area contributed by atoms with E-state index in [2.05, 4.69) is 34.1 Å². The molecule has 0 aliphatic heterocycles. The van der Waals surface area contributed by atoms with Crippen molar-refractivity contribution in [3.05, 3.63) is 48.3 Å². The molecule has 0 radical (unpaired) electrons. The Hall–Kier alpha value is -2.14. The number of benzene rings is 1. The summed E-state index contributed by atoms with van der Waals surface area (Å²) in [5.74, 6) is 1.97. The molecule has 0 amide bonds. The van der Waals surface area contributed by atoms with Crippen molar-refractivity contribution in [3.8, 4) is 0 Å². The summed E-state index contributed by atoms with van der Waals surface area (Å²) in [6, 6.07) is 8.37. The van der Waals surface area contributed by atoms with Crippen LogP contribution in [0.3, 0.4) is 0 Å². The van der Waals surface area contributed by atoms with E-state index in [9.17, 15) is 0 Å².